The lowest BCUT2D eigenvalue weighted by atomic mass is 10.4. The molecule has 0 aromatic rings. The van der Waals surface area contributed by atoms with E-state index in [9.17, 15) is 0 Å². The topological polar surface area (TPSA) is 21.3 Å². The van der Waals surface area contributed by atoms with Crippen LogP contribution in [0.2, 0.25) is 0 Å². The Morgan fingerprint density at radius 2 is 0.889 bits per heavy atom. The van der Waals surface area contributed by atoms with Gasteiger partial charge in [0, 0.05) is 13.2 Å². The summed E-state index contributed by atoms with van der Waals surface area (Å²) in [7, 11) is 0. The van der Waals surface area contributed by atoms with Crippen LogP contribution in [-0.4, -0.2) is 26.3 Å². The van der Waals surface area contributed by atoms with Crippen LogP contribution < -0.4 is 5.32 Å². The minimum atomic E-state index is 0. The van der Waals surface area contributed by atoms with Gasteiger partial charge < -0.3 is 10.1 Å². The first-order chi connectivity index (χ1) is 7.50. The number of nitrogens with one attached hydrogen (secondary N) is 1. The summed E-state index contributed by atoms with van der Waals surface area (Å²) in [5, 5.41) is 3.22. The van der Waals surface area contributed by atoms with E-state index in [0.717, 1.165) is 13.2 Å². The van der Waals surface area contributed by atoms with E-state index in [1.807, 2.05) is 0 Å². The Kier molecular flexibility index (Phi) is 24.7. The number of hydrogen-bond donors (Lipinski definition) is 1. The summed E-state index contributed by atoms with van der Waals surface area (Å²) in [6.45, 7) is 4.50. The molecule has 0 spiro atoms. The number of hydrogen-bond acceptors (Lipinski definition) is 2. The molecule has 2 saturated heterocycles. The molecule has 0 amide bonds. The van der Waals surface area contributed by atoms with Gasteiger partial charge in [0.15, 0.2) is 0 Å². The van der Waals surface area contributed by atoms with E-state index in [2.05, 4.69) is 5.32 Å². The summed E-state index contributed by atoms with van der Waals surface area (Å²) in [5.74, 6) is 0. The second kappa shape index (κ2) is 19.3. The van der Waals surface area contributed by atoms with Gasteiger partial charge in [0.1, 0.15) is 0 Å². The van der Waals surface area contributed by atoms with Crippen molar-refractivity contribution in [3.63, 3.8) is 0 Å². The van der Waals surface area contributed by atoms with E-state index in [4.69, 9.17) is 4.74 Å². The van der Waals surface area contributed by atoms with Gasteiger partial charge in [0.2, 0.25) is 0 Å². The molecule has 0 bridgehead atoms. The summed E-state index contributed by atoms with van der Waals surface area (Å²) >= 11 is 0. The smallest absolute Gasteiger partial charge is 0.0466 e. The Morgan fingerprint density at radius 1 is 0.500 bits per heavy atom. The van der Waals surface area contributed by atoms with Crippen molar-refractivity contribution in [2.75, 3.05) is 26.3 Å². The second-order valence-electron chi connectivity index (χ2n) is 4.54. The molecule has 0 aromatic heterocycles. The molecule has 2 heterocycles. The van der Waals surface area contributed by atoms with Crippen molar-refractivity contribution in [2.24, 2.45) is 0 Å². The second-order valence-corrected chi connectivity index (χ2v) is 4.54. The first kappa shape index (κ1) is 23.0. The van der Waals surface area contributed by atoms with Crippen LogP contribution in [0, 0.1) is 0 Å². The Bertz CT molecular complexity index is 69.7. The zero-order valence-corrected chi connectivity index (χ0v) is 10.1. The first-order valence-corrected chi connectivity index (χ1v) is 6.78. The van der Waals surface area contributed by atoms with Crippen LogP contribution in [0.15, 0.2) is 0 Å². The van der Waals surface area contributed by atoms with E-state index >= 15 is 0 Å². The summed E-state index contributed by atoms with van der Waals surface area (Å²) in [6, 6.07) is 0. The highest BCUT2D eigenvalue weighted by molar-refractivity contribution is 4.55. The van der Waals surface area contributed by atoms with E-state index in [-0.39, 0.29) is 22.3 Å². The van der Waals surface area contributed by atoms with Crippen LogP contribution in [0.1, 0.15) is 80.1 Å². The van der Waals surface area contributed by atoms with Crippen molar-refractivity contribution >= 4 is 0 Å². The van der Waals surface area contributed by atoms with Crippen molar-refractivity contribution < 1.29 is 4.74 Å². The normalized spacial score (nSPS) is 20.0. The molecule has 2 heteroatoms. The molecule has 3 rings (SSSR count). The number of rotatable bonds is 0. The molecule has 1 saturated carbocycles. The maximum Gasteiger partial charge on any atom is 0.0466 e. The Hall–Kier alpha value is -0.0800. The average molecular weight is 261 g/mol. The van der Waals surface area contributed by atoms with Crippen molar-refractivity contribution in [1.29, 1.82) is 0 Å². The molecule has 1 aliphatic carbocycles. The fourth-order valence-electron chi connectivity index (χ4n) is 2.02. The molecule has 2 aliphatic heterocycles. The third kappa shape index (κ3) is 15.9. The van der Waals surface area contributed by atoms with Crippen molar-refractivity contribution in [2.45, 2.75) is 80.1 Å². The van der Waals surface area contributed by atoms with Crippen molar-refractivity contribution in [1.82, 2.24) is 5.32 Å². The summed E-state index contributed by atoms with van der Waals surface area (Å²) in [6.07, 6.45) is 12.8. The quantitative estimate of drug-likeness (QED) is 0.660. The first-order valence-electron chi connectivity index (χ1n) is 6.78. The van der Waals surface area contributed by atoms with Gasteiger partial charge in [-0.1, -0.05) is 54.4 Å². The van der Waals surface area contributed by atoms with Gasteiger partial charge in [-0.3, -0.25) is 0 Å². The van der Waals surface area contributed by atoms with Crippen molar-refractivity contribution in [3.8, 4) is 0 Å². The lowest BCUT2D eigenvalue weighted by Crippen LogP contribution is -2.03. The van der Waals surface area contributed by atoms with Crippen LogP contribution in [0.5, 0.6) is 0 Å². The summed E-state index contributed by atoms with van der Waals surface area (Å²) in [5.41, 5.74) is 0. The molecule has 18 heavy (non-hydrogen) atoms. The molecule has 3 fully saturated rings. The minimum absolute atomic E-state index is 0. The molecule has 114 valence electrons. The zero-order chi connectivity index (χ0) is 10.6. The molecule has 2 nitrogen and oxygen atoms in total. The van der Waals surface area contributed by atoms with Crippen LogP contribution in [0.25, 0.3) is 0 Å². The molecule has 0 radical (unpaired) electrons. The van der Waals surface area contributed by atoms with Crippen LogP contribution >= 0.6 is 0 Å². The van der Waals surface area contributed by atoms with Crippen LogP contribution in [0.3, 0.4) is 0 Å². The van der Waals surface area contributed by atoms with Gasteiger partial charge in [-0.05, 0) is 38.8 Å². The van der Waals surface area contributed by atoms with Gasteiger partial charge in [0.25, 0.3) is 0 Å². The average Bonchev–Trinajstić information content (AvgIpc) is 3.09. The van der Waals surface area contributed by atoms with E-state index < -0.39 is 0 Å². The molecule has 0 atom stereocenters. The fraction of sp³-hybridized carbons (Fsp3) is 1.00. The molecular formula is C16H39NO. The van der Waals surface area contributed by atoms with E-state index in [1.165, 1.54) is 70.9 Å². The Balaban J connectivity index is -0.000000173. The standard InChI is InChI=1S/C5H10.C4H9N.C4H8O.3CH4/c3*1-2-4-5-3-1;;;/h1-5H2;5H,1-4H2;1-4H2;3*1H4. The largest absolute Gasteiger partial charge is 0.381 e. The van der Waals surface area contributed by atoms with Crippen LogP contribution in [0.4, 0.5) is 0 Å². The maximum absolute atomic E-state index is 4.94. The molecule has 0 aromatic carbocycles. The maximum atomic E-state index is 4.94. The Morgan fingerprint density at radius 3 is 1.06 bits per heavy atom. The molecule has 3 aliphatic rings. The lowest BCUT2D eigenvalue weighted by molar-refractivity contribution is 0.198. The minimum Gasteiger partial charge on any atom is -0.381 e. The Labute approximate surface area is 117 Å². The highest BCUT2D eigenvalue weighted by Gasteiger charge is 1.95. The van der Waals surface area contributed by atoms with Crippen LogP contribution in [-0.2, 0) is 4.74 Å². The molecule has 0 unspecified atom stereocenters. The highest BCUT2D eigenvalue weighted by atomic mass is 16.5. The molecular weight excluding hydrogens is 222 g/mol. The third-order valence-corrected chi connectivity index (χ3v) is 3.03. The van der Waals surface area contributed by atoms with Gasteiger partial charge in [-0.25, -0.2) is 0 Å². The highest BCUT2D eigenvalue weighted by Crippen LogP contribution is 2.15. The summed E-state index contributed by atoms with van der Waals surface area (Å²) < 4.78 is 4.94. The zero-order valence-electron chi connectivity index (χ0n) is 10.1. The fourth-order valence-corrected chi connectivity index (χ4v) is 2.02. The number of ether oxygens (including phenoxy) is 1. The van der Waals surface area contributed by atoms with E-state index in [0.29, 0.717) is 0 Å². The molecule has 1 N–H and O–H groups in total. The summed E-state index contributed by atoms with van der Waals surface area (Å²) in [4.78, 5) is 0. The predicted molar refractivity (Wildman–Crippen MR) is 85.4 cm³/mol. The van der Waals surface area contributed by atoms with Gasteiger partial charge >= 0.3 is 0 Å². The van der Waals surface area contributed by atoms with Gasteiger partial charge in [-0.15, -0.1) is 0 Å². The van der Waals surface area contributed by atoms with Gasteiger partial charge in [-0.2, -0.15) is 0 Å². The monoisotopic (exact) mass is 261 g/mol. The predicted octanol–water partition coefficient (Wildman–Crippen LogP) is 5.03. The van der Waals surface area contributed by atoms with Crippen molar-refractivity contribution in [3.05, 3.63) is 0 Å². The van der Waals surface area contributed by atoms with Gasteiger partial charge in [0.05, 0.1) is 0 Å². The van der Waals surface area contributed by atoms with E-state index in [1.54, 1.807) is 0 Å². The SMILES string of the molecule is C.C.C.C1CCCC1.C1CCNC1.C1CCOC1. The third-order valence-electron chi connectivity index (χ3n) is 3.03. The lowest BCUT2D eigenvalue weighted by Gasteiger charge is -1.76.